The third-order valence-electron chi connectivity index (χ3n) is 5.25. The van der Waals surface area contributed by atoms with Gasteiger partial charge in [0.1, 0.15) is 5.82 Å². The molecule has 0 N–H and O–H groups in total. The van der Waals surface area contributed by atoms with E-state index in [-0.39, 0.29) is 30.2 Å². The minimum atomic E-state index is 0. The fourth-order valence-electron chi connectivity index (χ4n) is 3.66. The molecule has 1 saturated heterocycles. The lowest BCUT2D eigenvalue weighted by Gasteiger charge is -2.29. The molecule has 3 aromatic rings. The highest BCUT2D eigenvalue weighted by Crippen LogP contribution is 2.30. The van der Waals surface area contributed by atoms with E-state index in [4.69, 9.17) is 9.97 Å². The number of nitrogens with zero attached hydrogens (tertiary/aromatic N) is 3. The van der Waals surface area contributed by atoms with Crippen LogP contribution in [-0.4, -0.2) is 23.1 Å². The first-order valence-corrected chi connectivity index (χ1v) is 9.65. The zero-order valence-electron chi connectivity index (χ0n) is 16.8. The van der Waals surface area contributed by atoms with E-state index >= 15 is 0 Å². The summed E-state index contributed by atoms with van der Waals surface area (Å²) in [4.78, 5) is 12.3. The van der Waals surface area contributed by atoms with Crippen LogP contribution in [0.5, 0.6) is 0 Å². The molecule has 0 spiro atoms. The molecule has 0 amide bonds. The van der Waals surface area contributed by atoms with E-state index < -0.39 is 0 Å². The highest BCUT2D eigenvalue weighted by atomic mass is 35.5. The second-order valence-electron chi connectivity index (χ2n) is 8.26. The maximum absolute atomic E-state index is 5.00. The van der Waals surface area contributed by atoms with Crippen molar-refractivity contribution in [3.8, 4) is 11.4 Å². The molecule has 0 bridgehead atoms. The number of rotatable bonds is 2. The van der Waals surface area contributed by atoms with Gasteiger partial charge in [0.2, 0.25) is 0 Å². The summed E-state index contributed by atoms with van der Waals surface area (Å²) in [5.41, 5.74) is 3.60. The highest BCUT2D eigenvalue weighted by Gasteiger charge is 2.18. The number of anilines is 1. The van der Waals surface area contributed by atoms with E-state index in [0.29, 0.717) is 0 Å². The molecular formula is C23H27Cl2N3-2. The molecule has 0 aliphatic carbocycles. The zero-order valence-corrected chi connectivity index (χ0v) is 18.3. The molecule has 1 aliphatic heterocycles. The Balaban J connectivity index is 0.00000140. The molecule has 0 atom stereocenters. The number of aromatic nitrogens is 2. The van der Waals surface area contributed by atoms with Crippen LogP contribution in [0.25, 0.3) is 22.3 Å². The molecule has 2 aromatic carbocycles. The summed E-state index contributed by atoms with van der Waals surface area (Å²) in [6.07, 6.45) is 3.81. The third-order valence-corrected chi connectivity index (χ3v) is 5.25. The van der Waals surface area contributed by atoms with Crippen LogP contribution in [0.1, 0.15) is 45.6 Å². The number of benzene rings is 2. The van der Waals surface area contributed by atoms with Crippen molar-refractivity contribution in [2.24, 2.45) is 0 Å². The van der Waals surface area contributed by atoms with Crippen LogP contribution in [0, 0.1) is 0 Å². The number of piperidine rings is 1. The van der Waals surface area contributed by atoms with Gasteiger partial charge in [-0.3, -0.25) is 0 Å². The van der Waals surface area contributed by atoms with Crippen LogP contribution < -0.4 is 29.7 Å². The predicted molar refractivity (Wildman–Crippen MR) is 110 cm³/mol. The van der Waals surface area contributed by atoms with Gasteiger partial charge in [-0.2, -0.15) is 0 Å². The van der Waals surface area contributed by atoms with Gasteiger partial charge in [0, 0.05) is 24.0 Å². The van der Waals surface area contributed by atoms with Crippen LogP contribution in [0.15, 0.2) is 48.5 Å². The van der Waals surface area contributed by atoms with E-state index in [1.807, 2.05) is 0 Å². The zero-order chi connectivity index (χ0) is 18.1. The smallest absolute Gasteiger partial charge is 0.162 e. The predicted octanol–water partition coefficient (Wildman–Crippen LogP) is -0.407. The van der Waals surface area contributed by atoms with E-state index in [1.165, 1.54) is 24.8 Å². The van der Waals surface area contributed by atoms with Crippen molar-refractivity contribution >= 4 is 16.7 Å². The van der Waals surface area contributed by atoms with Gasteiger partial charge in [-0.05, 0) is 42.4 Å². The van der Waals surface area contributed by atoms with Crippen LogP contribution in [0.4, 0.5) is 5.82 Å². The molecule has 0 unspecified atom stereocenters. The average molecular weight is 416 g/mol. The summed E-state index contributed by atoms with van der Waals surface area (Å²) in [5.74, 6) is 1.91. The van der Waals surface area contributed by atoms with Crippen molar-refractivity contribution in [3.63, 3.8) is 0 Å². The molecule has 3 nitrogen and oxygen atoms in total. The Labute approximate surface area is 180 Å². The van der Waals surface area contributed by atoms with Crippen molar-refractivity contribution in [2.45, 2.75) is 45.4 Å². The molecule has 0 radical (unpaired) electrons. The Hall–Kier alpha value is -1.84. The standard InChI is InChI=1S/C23H27N3.2ClH/c1-23(2,3)18-13-11-17(12-14-18)21-24-20-10-6-5-9-19(20)22(25-21)26-15-7-4-8-16-26;;/h5-6,9-14H,4,7-8,15-16H2,1-3H3;2*1H/p-2. The molecule has 150 valence electrons. The maximum Gasteiger partial charge on any atom is 0.162 e. The summed E-state index contributed by atoms with van der Waals surface area (Å²) in [6.45, 7) is 8.89. The van der Waals surface area contributed by atoms with Gasteiger partial charge in [-0.15, -0.1) is 0 Å². The third kappa shape index (κ3) is 4.59. The van der Waals surface area contributed by atoms with Crippen LogP contribution in [0.2, 0.25) is 0 Å². The summed E-state index contributed by atoms with van der Waals surface area (Å²) < 4.78 is 0. The SMILES string of the molecule is CC(C)(C)c1ccc(-c2nc(N3CCCCC3)c3ccccc3n2)cc1.[Cl-].[Cl-]. The van der Waals surface area contributed by atoms with E-state index in [9.17, 15) is 0 Å². The molecule has 1 aromatic heterocycles. The Morgan fingerprint density at radius 2 is 1.43 bits per heavy atom. The van der Waals surface area contributed by atoms with Gasteiger partial charge < -0.3 is 29.7 Å². The van der Waals surface area contributed by atoms with Gasteiger partial charge >= 0.3 is 0 Å². The fourth-order valence-corrected chi connectivity index (χ4v) is 3.66. The highest BCUT2D eigenvalue weighted by molar-refractivity contribution is 5.91. The Kier molecular flexibility index (Phi) is 7.30. The van der Waals surface area contributed by atoms with E-state index in [1.54, 1.807) is 0 Å². The number of hydrogen-bond donors (Lipinski definition) is 0. The number of halogens is 2. The fraction of sp³-hybridized carbons (Fsp3) is 0.391. The van der Waals surface area contributed by atoms with Crippen LogP contribution >= 0.6 is 0 Å². The maximum atomic E-state index is 5.00. The van der Waals surface area contributed by atoms with Crippen LogP contribution in [-0.2, 0) is 5.41 Å². The first kappa shape index (κ1) is 22.4. The number of para-hydroxylation sites is 1. The number of fused-ring (bicyclic) bond motifs is 1. The Morgan fingerprint density at radius 1 is 0.786 bits per heavy atom. The lowest BCUT2D eigenvalue weighted by atomic mass is 9.87. The van der Waals surface area contributed by atoms with E-state index in [2.05, 4.69) is 74.2 Å². The molecule has 1 aliphatic rings. The molecule has 2 heterocycles. The first-order valence-electron chi connectivity index (χ1n) is 9.65. The van der Waals surface area contributed by atoms with Crippen molar-refractivity contribution in [1.29, 1.82) is 0 Å². The summed E-state index contributed by atoms with van der Waals surface area (Å²) in [5, 5.41) is 1.16. The Bertz CT molecular complexity index is 911. The monoisotopic (exact) mass is 415 g/mol. The summed E-state index contributed by atoms with van der Waals surface area (Å²) >= 11 is 0. The first-order chi connectivity index (χ1) is 12.5. The van der Waals surface area contributed by atoms with Gasteiger partial charge in [0.15, 0.2) is 5.82 Å². The van der Waals surface area contributed by atoms with Crippen molar-refractivity contribution < 1.29 is 24.8 Å². The van der Waals surface area contributed by atoms with Crippen molar-refractivity contribution in [3.05, 3.63) is 54.1 Å². The quantitative estimate of drug-likeness (QED) is 0.569. The normalized spacial score (nSPS) is 14.3. The van der Waals surface area contributed by atoms with Crippen LogP contribution in [0.3, 0.4) is 0 Å². The molecular weight excluding hydrogens is 389 g/mol. The lowest BCUT2D eigenvalue weighted by Crippen LogP contribution is -3.00. The summed E-state index contributed by atoms with van der Waals surface area (Å²) in [6, 6.07) is 17.1. The molecule has 0 saturated carbocycles. The number of hydrogen-bond acceptors (Lipinski definition) is 3. The van der Waals surface area contributed by atoms with Crippen molar-refractivity contribution in [2.75, 3.05) is 18.0 Å². The largest absolute Gasteiger partial charge is 1.00 e. The van der Waals surface area contributed by atoms with Gasteiger partial charge in [0.25, 0.3) is 0 Å². The molecule has 28 heavy (non-hydrogen) atoms. The summed E-state index contributed by atoms with van der Waals surface area (Å²) in [7, 11) is 0. The second kappa shape index (κ2) is 9.11. The topological polar surface area (TPSA) is 29.0 Å². The minimum Gasteiger partial charge on any atom is -1.00 e. The minimum absolute atomic E-state index is 0. The lowest BCUT2D eigenvalue weighted by molar-refractivity contribution is -0.001000. The Morgan fingerprint density at radius 3 is 2.07 bits per heavy atom. The second-order valence-corrected chi connectivity index (χ2v) is 8.26. The van der Waals surface area contributed by atoms with Gasteiger partial charge in [0.05, 0.1) is 5.52 Å². The van der Waals surface area contributed by atoms with Gasteiger partial charge in [-0.1, -0.05) is 57.2 Å². The average Bonchev–Trinajstić information content (AvgIpc) is 2.67. The molecule has 4 rings (SSSR count). The van der Waals surface area contributed by atoms with E-state index in [0.717, 1.165) is 41.2 Å². The molecule has 1 fully saturated rings. The molecule has 5 heteroatoms. The van der Waals surface area contributed by atoms with Gasteiger partial charge in [-0.25, -0.2) is 9.97 Å². The van der Waals surface area contributed by atoms with Crippen molar-refractivity contribution in [1.82, 2.24) is 9.97 Å².